The van der Waals surface area contributed by atoms with E-state index < -0.39 is 97.5 Å². The van der Waals surface area contributed by atoms with E-state index in [0.29, 0.717) is 25.7 Å². The molecule has 19 heteroatoms. The summed E-state index contributed by atoms with van der Waals surface area (Å²) in [5.41, 5.74) is 0. The predicted molar refractivity (Wildman–Crippen MR) is 400 cm³/mol. The van der Waals surface area contributed by atoms with E-state index in [9.17, 15) is 43.2 Å². The number of esters is 4. The molecule has 0 rings (SSSR count). The summed E-state index contributed by atoms with van der Waals surface area (Å²) in [6.07, 6.45) is 71.7. The van der Waals surface area contributed by atoms with E-state index in [4.69, 9.17) is 37.0 Å². The molecule has 0 radical (unpaired) electrons. The molecule has 0 aliphatic carbocycles. The van der Waals surface area contributed by atoms with E-state index in [0.717, 1.165) is 167 Å². The summed E-state index contributed by atoms with van der Waals surface area (Å²) in [5.74, 6) is -2.18. The molecule has 0 aliphatic rings. The van der Waals surface area contributed by atoms with Crippen molar-refractivity contribution in [3.05, 3.63) is 72.9 Å². The van der Waals surface area contributed by atoms with Crippen LogP contribution in [0.15, 0.2) is 72.9 Å². The minimum atomic E-state index is -4.97. The number of aliphatic hydroxyl groups is 1. The second-order valence-corrected chi connectivity index (χ2v) is 29.2. The molecule has 0 aliphatic heterocycles. The lowest BCUT2D eigenvalue weighted by Gasteiger charge is -2.21. The summed E-state index contributed by atoms with van der Waals surface area (Å²) in [5, 5.41) is 10.6. The molecule has 5 atom stereocenters. The Hall–Kier alpha value is -3.50. The van der Waals surface area contributed by atoms with Crippen LogP contribution in [0.4, 0.5) is 0 Å². The van der Waals surface area contributed by atoms with Crippen LogP contribution in [0.2, 0.25) is 0 Å². The zero-order valence-corrected chi connectivity index (χ0v) is 64.0. The average molecular weight is 1430 g/mol. The van der Waals surface area contributed by atoms with Crippen LogP contribution in [0.25, 0.3) is 0 Å². The minimum Gasteiger partial charge on any atom is -0.462 e. The van der Waals surface area contributed by atoms with Gasteiger partial charge >= 0.3 is 39.5 Å². The summed E-state index contributed by atoms with van der Waals surface area (Å²) in [6.45, 7) is 4.73. The van der Waals surface area contributed by atoms with Crippen LogP contribution in [0.5, 0.6) is 0 Å². The van der Waals surface area contributed by atoms with E-state index in [1.165, 1.54) is 103 Å². The maximum atomic E-state index is 13.1. The van der Waals surface area contributed by atoms with Gasteiger partial charge in [-0.15, -0.1) is 0 Å². The number of phosphoric acid groups is 2. The van der Waals surface area contributed by atoms with Crippen LogP contribution in [0.1, 0.15) is 349 Å². The first-order chi connectivity index (χ1) is 47.7. The van der Waals surface area contributed by atoms with Gasteiger partial charge in [-0.2, -0.15) is 0 Å². The fourth-order valence-corrected chi connectivity index (χ4v) is 12.2. The van der Waals surface area contributed by atoms with Crippen LogP contribution in [0.3, 0.4) is 0 Å². The summed E-state index contributed by atoms with van der Waals surface area (Å²) >= 11 is 0. The van der Waals surface area contributed by atoms with Crippen LogP contribution in [-0.4, -0.2) is 96.7 Å². The first-order valence-electron chi connectivity index (χ1n) is 39.2. The molecule has 0 spiro atoms. The van der Waals surface area contributed by atoms with Gasteiger partial charge in [0, 0.05) is 25.7 Å². The lowest BCUT2D eigenvalue weighted by molar-refractivity contribution is -0.161. The second kappa shape index (κ2) is 71.9. The number of ether oxygens (including phenoxy) is 4. The Morgan fingerprint density at radius 3 is 0.867 bits per heavy atom. The van der Waals surface area contributed by atoms with E-state index in [2.05, 4.69) is 101 Å². The molecular weight excluding hydrogens is 1280 g/mol. The smallest absolute Gasteiger partial charge is 0.462 e. The Bertz CT molecular complexity index is 2140. The maximum Gasteiger partial charge on any atom is 0.472 e. The van der Waals surface area contributed by atoms with Gasteiger partial charge in [0.2, 0.25) is 0 Å². The number of hydrogen-bond donors (Lipinski definition) is 3. The highest BCUT2D eigenvalue weighted by molar-refractivity contribution is 7.47. The molecular formula is C79H142O17P2. The zero-order chi connectivity index (χ0) is 71.8. The van der Waals surface area contributed by atoms with Gasteiger partial charge < -0.3 is 33.8 Å². The Morgan fingerprint density at radius 1 is 0.296 bits per heavy atom. The molecule has 17 nitrogen and oxygen atoms in total. The molecule has 570 valence electrons. The minimum absolute atomic E-state index is 0.0860. The van der Waals surface area contributed by atoms with Gasteiger partial charge in [-0.25, -0.2) is 9.13 Å². The molecule has 5 unspecified atom stereocenters. The molecule has 98 heavy (non-hydrogen) atoms. The highest BCUT2D eigenvalue weighted by atomic mass is 31.2. The topological polar surface area (TPSA) is 237 Å². The molecule has 3 N–H and O–H groups in total. The van der Waals surface area contributed by atoms with Gasteiger partial charge in [-0.3, -0.25) is 37.3 Å². The van der Waals surface area contributed by atoms with Crippen molar-refractivity contribution in [2.75, 3.05) is 39.6 Å². The predicted octanol–water partition coefficient (Wildman–Crippen LogP) is 22.4. The second-order valence-electron chi connectivity index (χ2n) is 26.3. The number of aliphatic hydroxyl groups excluding tert-OH is 1. The van der Waals surface area contributed by atoms with Gasteiger partial charge in [-0.05, 0) is 109 Å². The summed E-state index contributed by atoms with van der Waals surface area (Å²) in [4.78, 5) is 72.8. The lowest BCUT2D eigenvalue weighted by Crippen LogP contribution is -2.30. The van der Waals surface area contributed by atoms with Crippen molar-refractivity contribution in [2.45, 2.75) is 367 Å². The van der Waals surface area contributed by atoms with Crippen molar-refractivity contribution >= 4 is 39.5 Å². The molecule has 0 aromatic heterocycles. The molecule has 0 bridgehead atoms. The third-order valence-electron chi connectivity index (χ3n) is 16.7. The van der Waals surface area contributed by atoms with Crippen LogP contribution in [-0.2, 0) is 65.4 Å². The Kier molecular flexibility index (Phi) is 69.3. The Balaban J connectivity index is 5.31. The van der Waals surface area contributed by atoms with E-state index in [1.54, 1.807) is 0 Å². The highest BCUT2D eigenvalue weighted by Crippen LogP contribution is 2.45. The third-order valence-corrected chi connectivity index (χ3v) is 18.6. The molecule has 0 saturated carbocycles. The number of rotatable bonds is 74. The van der Waals surface area contributed by atoms with Crippen LogP contribution >= 0.6 is 15.6 Å². The van der Waals surface area contributed by atoms with Crippen molar-refractivity contribution < 1.29 is 80.2 Å². The van der Waals surface area contributed by atoms with Gasteiger partial charge in [0.15, 0.2) is 12.2 Å². The zero-order valence-electron chi connectivity index (χ0n) is 62.2. The summed E-state index contributed by atoms with van der Waals surface area (Å²) in [6, 6.07) is 0. The Labute approximate surface area is 596 Å². The number of carbonyl (C=O) groups is 4. The van der Waals surface area contributed by atoms with Crippen molar-refractivity contribution in [2.24, 2.45) is 0 Å². The molecule has 0 amide bonds. The van der Waals surface area contributed by atoms with E-state index >= 15 is 0 Å². The quantitative estimate of drug-likeness (QED) is 0.0169. The number of unbranched alkanes of at least 4 members (excludes halogenated alkanes) is 36. The normalized spacial score (nSPS) is 14.3. The number of hydrogen-bond acceptors (Lipinski definition) is 15. The first-order valence-corrected chi connectivity index (χ1v) is 42.2. The maximum absolute atomic E-state index is 13.1. The van der Waals surface area contributed by atoms with Gasteiger partial charge in [0.25, 0.3) is 0 Å². The summed E-state index contributed by atoms with van der Waals surface area (Å²) < 4.78 is 68.5. The number of carbonyl (C=O) groups excluding carboxylic acids is 4. The molecule has 0 heterocycles. The lowest BCUT2D eigenvalue weighted by atomic mass is 10.0. The van der Waals surface area contributed by atoms with Gasteiger partial charge in [0.1, 0.15) is 19.3 Å². The number of allylic oxidation sites excluding steroid dienone is 12. The van der Waals surface area contributed by atoms with Crippen molar-refractivity contribution in [3.63, 3.8) is 0 Å². The fourth-order valence-electron chi connectivity index (χ4n) is 10.7. The average Bonchev–Trinajstić information content (AvgIpc) is 0.992. The first kappa shape index (κ1) is 94.5. The van der Waals surface area contributed by atoms with Crippen molar-refractivity contribution in [1.82, 2.24) is 0 Å². The standard InChI is InChI=1S/C79H142O17P2/c1-5-9-13-17-21-25-29-32-34-35-36-37-39-41-45-48-52-56-60-64-77(82)90-70-75(96-79(84)66-62-58-54-50-46-42-38-33-30-26-22-18-14-10-6-2)72-94-98(87,88)92-68-73(80)67-91-97(85,86)93-71-74(95-78(83)65-61-57-53-49-43-28-24-20-16-12-8-4)69-89-76(81)63-59-55-51-47-44-40-31-27-23-19-15-11-7-3/h9,13,20-21,24-25,27,31-32,34,36-37,73-75,80H,5-8,10-12,14-19,22-23,26,28-30,33,35,38-72H2,1-4H3,(H,85,86)(H,87,88)/b13-9-,24-20-,25-21-,31-27-,34-32-,37-36-. The third kappa shape index (κ3) is 70.9. The van der Waals surface area contributed by atoms with E-state index in [1.807, 2.05) is 0 Å². The Morgan fingerprint density at radius 2 is 0.541 bits per heavy atom. The van der Waals surface area contributed by atoms with E-state index in [-0.39, 0.29) is 25.7 Å². The molecule has 0 aromatic carbocycles. The number of phosphoric ester groups is 2. The highest BCUT2D eigenvalue weighted by Gasteiger charge is 2.30. The van der Waals surface area contributed by atoms with Crippen molar-refractivity contribution in [1.29, 1.82) is 0 Å². The van der Waals surface area contributed by atoms with Crippen LogP contribution < -0.4 is 0 Å². The SMILES string of the molecule is CC/C=C\C/C=C\C/C=C\C/C=C\CCCCCCCCC(=O)OCC(COP(=O)(O)OCC(O)COP(=O)(O)OCC(COC(=O)CCCCCCC/C=C\CCCCCC)OC(=O)CCCCCCC/C=C\CCCC)OC(=O)CCCCCCCCCCCCCCCCC. The van der Waals surface area contributed by atoms with Crippen molar-refractivity contribution in [3.8, 4) is 0 Å². The van der Waals surface area contributed by atoms with Crippen LogP contribution in [0, 0.1) is 0 Å². The summed E-state index contributed by atoms with van der Waals surface area (Å²) in [7, 11) is -9.94. The van der Waals surface area contributed by atoms with Gasteiger partial charge in [-0.1, -0.05) is 287 Å². The largest absolute Gasteiger partial charge is 0.472 e. The molecule has 0 fully saturated rings. The van der Waals surface area contributed by atoms with Gasteiger partial charge in [0.05, 0.1) is 26.4 Å². The molecule has 0 saturated heterocycles. The monoisotopic (exact) mass is 1420 g/mol. The fraction of sp³-hybridized carbons (Fsp3) is 0.797. The molecule has 0 aromatic rings.